The van der Waals surface area contributed by atoms with Gasteiger partial charge in [0, 0.05) is 19.0 Å². The summed E-state index contributed by atoms with van der Waals surface area (Å²) in [5.41, 5.74) is 1.23. The highest BCUT2D eigenvalue weighted by Gasteiger charge is 2.19. The topological polar surface area (TPSA) is 33.2 Å². The minimum Gasteiger partial charge on any atom is -0.299 e. The minimum absolute atomic E-state index is 0.0737. The number of carbonyl (C=O) groups excluding carboxylic acids is 1. The van der Waals surface area contributed by atoms with Crippen molar-refractivity contribution in [2.45, 2.75) is 17.9 Å². The number of amides is 1. The Labute approximate surface area is 124 Å². The second-order valence-corrected chi connectivity index (χ2v) is 5.85. The van der Waals surface area contributed by atoms with Crippen molar-refractivity contribution in [3.05, 3.63) is 60.3 Å². The molecule has 0 spiro atoms. The number of carbonyl (C=O) groups is 1. The summed E-state index contributed by atoms with van der Waals surface area (Å²) < 4.78 is 0. The molecule has 0 saturated carbocycles. The molecule has 0 saturated heterocycles. The molecule has 0 aliphatic rings. The summed E-state index contributed by atoms with van der Waals surface area (Å²) in [6.07, 6.45) is 1.70. The third kappa shape index (κ3) is 3.84. The third-order valence-corrected chi connectivity index (χ3v) is 4.22. The van der Waals surface area contributed by atoms with E-state index in [1.165, 1.54) is 5.56 Å². The van der Waals surface area contributed by atoms with Crippen LogP contribution in [0.2, 0.25) is 0 Å². The first-order valence-corrected chi connectivity index (χ1v) is 7.57. The maximum atomic E-state index is 12.3. The maximum absolute atomic E-state index is 12.3. The lowest BCUT2D eigenvalue weighted by atomic mass is 10.2. The van der Waals surface area contributed by atoms with Gasteiger partial charge in [-0.3, -0.25) is 9.69 Å². The summed E-state index contributed by atoms with van der Waals surface area (Å²) in [6.45, 7) is 1.94. The van der Waals surface area contributed by atoms with Crippen molar-refractivity contribution in [2.75, 3.05) is 11.9 Å². The smallest absolute Gasteiger partial charge is 0.240 e. The predicted octanol–water partition coefficient (Wildman–Crippen LogP) is 3.37. The van der Waals surface area contributed by atoms with E-state index in [9.17, 15) is 4.79 Å². The first-order valence-electron chi connectivity index (χ1n) is 6.52. The van der Waals surface area contributed by atoms with Gasteiger partial charge in [-0.05, 0) is 24.6 Å². The molecule has 0 bridgehead atoms. The van der Waals surface area contributed by atoms with E-state index in [1.807, 2.05) is 43.3 Å². The number of rotatable bonds is 5. The number of pyridine rings is 1. The highest BCUT2D eigenvalue weighted by atomic mass is 32.2. The molecule has 104 valence electrons. The lowest BCUT2D eigenvalue weighted by Gasteiger charge is -2.20. The first kappa shape index (κ1) is 14.6. The van der Waals surface area contributed by atoms with Crippen LogP contribution < -0.4 is 4.90 Å². The van der Waals surface area contributed by atoms with Gasteiger partial charge in [-0.15, -0.1) is 11.8 Å². The van der Waals surface area contributed by atoms with Crippen LogP contribution in [0.15, 0.2) is 54.7 Å². The average molecular weight is 286 g/mol. The molecule has 3 nitrogen and oxygen atoms in total. The van der Waals surface area contributed by atoms with Crippen molar-refractivity contribution < 1.29 is 4.79 Å². The molecule has 0 fully saturated rings. The van der Waals surface area contributed by atoms with Gasteiger partial charge in [-0.2, -0.15) is 0 Å². The van der Waals surface area contributed by atoms with Crippen molar-refractivity contribution in [1.29, 1.82) is 0 Å². The van der Waals surface area contributed by atoms with Crippen molar-refractivity contribution in [2.24, 2.45) is 0 Å². The Morgan fingerprint density at radius 3 is 2.55 bits per heavy atom. The Morgan fingerprint density at radius 1 is 1.20 bits per heavy atom. The van der Waals surface area contributed by atoms with Crippen LogP contribution >= 0.6 is 11.8 Å². The molecule has 2 aromatic rings. The lowest BCUT2D eigenvalue weighted by molar-refractivity contribution is -0.117. The SMILES string of the molecule is C[C@H](SCc1ccccc1)C(=O)N(C)c1ccccn1. The fourth-order valence-corrected chi connectivity index (χ4v) is 2.74. The Hall–Kier alpha value is -1.81. The van der Waals surface area contributed by atoms with E-state index in [2.05, 4.69) is 17.1 Å². The summed E-state index contributed by atoms with van der Waals surface area (Å²) in [5.74, 6) is 1.60. The molecule has 1 heterocycles. The number of hydrogen-bond donors (Lipinski definition) is 0. The highest BCUT2D eigenvalue weighted by Crippen LogP contribution is 2.20. The van der Waals surface area contributed by atoms with Crippen molar-refractivity contribution in [1.82, 2.24) is 4.98 Å². The summed E-state index contributed by atoms with van der Waals surface area (Å²) >= 11 is 1.64. The van der Waals surface area contributed by atoms with Crippen LogP contribution in [-0.2, 0) is 10.5 Å². The van der Waals surface area contributed by atoms with E-state index in [0.717, 1.165) is 5.75 Å². The zero-order valence-electron chi connectivity index (χ0n) is 11.7. The minimum atomic E-state index is -0.0952. The first-order chi connectivity index (χ1) is 9.68. The standard InChI is InChI=1S/C16H18N2OS/c1-13(20-12-14-8-4-3-5-9-14)16(19)18(2)15-10-6-7-11-17-15/h3-11,13H,12H2,1-2H3/t13-/m0/s1. The molecule has 20 heavy (non-hydrogen) atoms. The Balaban J connectivity index is 1.92. The van der Waals surface area contributed by atoms with E-state index < -0.39 is 0 Å². The summed E-state index contributed by atoms with van der Waals surface area (Å²) in [7, 11) is 1.77. The van der Waals surface area contributed by atoms with Crippen LogP contribution in [0.25, 0.3) is 0 Å². The Kier molecular flexibility index (Phi) is 5.18. The second-order valence-electron chi connectivity index (χ2n) is 4.52. The molecule has 1 amide bonds. The lowest BCUT2D eigenvalue weighted by Crippen LogP contribution is -2.33. The van der Waals surface area contributed by atoms with Crippen molar-refractivity contribution >= 4 is 23.5 Å². The van der Waals surface area contributed by atoms with Crippen molar-refractivity contribution in [3.8, 4) is 0 Å². The van der Waals surface area contributed by atoms with E-state index in [-0.39, 0.29) is 11.2 Å². The van der Waals surface area contributed by atoms with Gasteiger partial charge in [0.25, 0.3) is 0 Å². The zero-order valence-corrected chi connectivity index (χ0v) is 12.5. The van der Waals surface area contributed by atoms with Crippen molar-refractivity contribution in [3.63, 3.8) is 0 Å². The molecule has 2 rings (SSSR count). The highest BCUT2D eigenvalue weighted by molar-refractivity contribution is 7.99. The number of hydrogen-bond acceptors (Lipinski definition) is 3. The molecule has 0 unspecified atom stereocenters. The van der Waals surface area contributed by atoms with Gasteiger partial charge >= 0.3 is 0 Å². The zero-order chi connectivity index (χ0) is 14.4. The van der Waals surface area contributed by atoms with E-state index >= 15 is 0 Å². The molecule has 0 radical (unpaired) electrons. The van der Waals surface area contributed by atoms with Gasteiger partial charge in [0.05, 0.1) is 5.25 Å². The molecule has 0 aliphatic heterocycles. The van der Waals surface area contributed by atoms with Gasteiger partial charge in [0.2, 0.25) is 5.91 Å². The monoisotopic (exact) mass is 286 g/mol. The number of thioether (sulfide) groups is 1. The summed E-state index contributed by atoms with van der Waals surface area (Å²) in [5, 5.41) is -0.0952. The number of benzene rings is 1. The molecule has 1 atom stereocenters. The quantitative estimate of drug-likeness (QED) is 0.845. The van der Waals surface area contributed by atoms with Crippen LogP contribution in [0.4, 0.5) is 5.82 Å². The number of aromatic nitrogens is 1. The van der Waals surface area contributed by atoms with Crippen LogP contribution in [0.3, 0.4) is 0 Å². The molecule has 0 aliphatic carbocycles. The van der Waals surface area contributed by atoms with Gasteiger partial charge in [-0.1, -0.05) is 36.4 Å². The molecule has 1 aromatic heterocycles. The van der Waals surface area contributed by atoms with E-state index in [1.54, 1.807) is 29.9 Å². The van der Waals surface area contributed by atoms with Gasteiger partial charge in [0.15, 0.2) is 0 Å². The summed E-state index contributed by atoms with van der Waals surface area (Å²) in [6, 6.07) is 15.7. The van der Waals surface area contributed by atoms with Gasteiger partial charge in [0.1, 0.15) is 5.82 Å². The number of anilines is 1. The Bertz CT molecular complexity index is 545. The molecular formula is C16H18N2OS. The molecular weight excluding hydrogens is 268 g/mol. The normalized spacial score (nSPS) is 11.9. The van der Waals surface area contributed by atoms with Gasteiger partial charge in [-0.25, -0.2) is 4.98 Å². The molecule has 4 heteroatoms. The fraction of sp³-hybridized carbons (Fsp3) is 0.250. The van der Waals surface area contributed by atoms with Crippen LogP contribution in [0, 0.1) is 0 Å². The predicted molar refractivity (Wildman–Crippen MR) is 84.8 cm³/mol. The van der Waals surface area contributed by atoms with E-state index in [0.29, 0.717) is 5.82 Å². The maximum Gasteiger partial charge on any atom is 0.240 e. The average Bonchev–Trinajstić information content (AvgIpc) is 2.53. The van der Waals surface area contributed by atoms with Gasteiger partial charge < -0.3 is 0 Å². The van der Waals surface area contributed by atoms with Crippen LogP contribution in [0.5, 0.6) is 0 Å². The van der Waals surface area contributed by atoms with E-state index in [4.69, 9.17) is 0 Å². The van der Waals surface area contributed by atoms with Crippen LogP contribution in [0.1, 0.15) is 12.5 Å². The Morgan fingerprint density at radius 2 is 1.90 bits per heavy atom. The largest absolute Gasteiger partial charge is 0.299 e. The fourth-order valence-electron chi connectivity index (χ4n) is 1.80. The molecule has 1 aromatic carbocycles. The molecule has 0 N–H and O–H groups in total. The van der Waals surface area contributed by atoms with Crippen LogP contribution in [-0.4, -0.2) is 23.2 Å². The second kappa shape index (κ2) is 7.10. The third-order valence-electron chi connectivity index (χ3n) is 3.01. The summed E-state index contributed by atoms with van der Waals surface area (Å²) in [4.78, 5) is 18.1. The number of nitrogens with zero attached hydrogens (tertiary/aromatic N) is 2.